The van der Waals surface area contributed by atoms with Crippen molar-refractivity contribution in [3.8, 4) is 0 Å². The second-order valence-electron chi connectivity index (χ2n) is 8.29. The van der Waals surface area contributed by atoms with Gasteiger partial charge in [-0.2, -0.15) is 0 Å². The van der Waals surface area contributed by atoms with Crippen LogP contribution in [0.15, 0.2) is 54.6 Å². The monoisotopic (exact) mass is 376 g/mol. The fourth-order valence-corrected chi connectivity index (χ4v) is 4.52. The lowest BCUT2D eigenvalue weighted by molar-refractivity contribution is -0.133. The summed E-state index contributed by atoms with van der Waals surface area (Å²) in [6.07, 6.45) is 6.18. The third kappa shape index (κ3) is 3.56. The highest BCUT2D eigenvalue weighted by molar-refractivity contribution is 6.02. The number of hydrogen-bond acceptors (Lipinski definition) is 2. The Hall–Kier alpha value is -2.62. The predicted octanol–water partition coefficient (Wildman–Crippen LogP) is 4.09. The molecule has 1 unspecified atom stereocenters. The van der Waals surface area contributed by atoms with Gasteiger partial charge in [-0.3, -0.25) is 9.59 Å². The third-order valence-electron chi connectivity index (χ3n) is 6.24. The zero-order valence-electron chi connectivity index (χ0n) is 16.5. The van der Waals surface area contributed by atoms with E-state index in [-0.39, 0.29) is 17.9 Å². The first kappa shape index (κ1) is 18.7. The summed E-state index contributed by atoms with van der Waals surface area (Å²) in [6.45, 7) is 2.35. The smallest absolute Gasteiger partial charge is 0.255 e. The van der Waals surface area contributed by atoms with E-state index in [2.05, 4.69) is 5.32 Å². The molecular weight excluding hydrogens is 348 g/mol. The zero-order chi connectivity index (χ0) is 19.6. The van der Waals surface area contributed by atoms with Crippen molar-refractivity contribution in [3.63, 3.8) is 0 Å². The Morgan fingerprint density at radius 3 is 2.46 bits per heavy atom. The molecule has 1 aliphatic heterocycles. The lowest BCUT2D eigenvalue weighted by atomic mass is 9.82. The highest BCUT2D eigenvalue weighted by atomic mass is 16.2. The van der Waals surface area contributed by atoms with Crippen molar-refractivity contribution in [3.05, 3.63) is 71.3 Å². The molecule has 0 saturated heterocycles. The molecule has 0 bridgehead atoms. The van der Waals surface area contributed by atoms with Crippen molar-refractivity contribution in [2.45, 2.75) is 63.6 Å². The predicted molar refractivity (Wildman–Crippen MR) is 110 cm³/mol. The highest BCUT2D eigenvalue weighted by Crippen LogP contribution is 2.33. The number of carbonyl (C=O) groups excluding carboxylic acids is 2. The van der Waals surface area contributed by atoms with Gasteiger partial charge in [0.2, 0.25) is 5.91 Å². The Kier molecular flexibility index (Phi) is 5.21. The molecule has 28 heavy (non-hydrogen) atoms. The van der Waals surface area contributed by atoms with Crippen LogP contribution in [0.25, 0.3) is 0 Å². The quantitative estimate of drug-likeness (QED) is 0.874. The van der Waals surface area contributed by atoms with Crippen molar-refractivity contribution in [1.29, 1.82) is 0 Å². The fourth-order valence-electron chi connectivity index (χ4n) is 4.52. The number of hydrogen-bond donors (Lipinski definition) is 1. The van der Waals surface area contributed by atoms with Gasteiger partial charge in [0.25, 0.3) is 5.91 Å². The lowest BCUT2D eigenvalue weighted by Gasteiger charge is -2.45. The van der Waals surface area contributed by atoms with Crippen LogP contribution in [0.4, 0.5) is 0 Å². The zero-order valence-corrected chi connectivity index (χ0v) is 16.5. The molecule has 2 aliphatic rings. The highest BCUT2D eigenvalue weighted by Gasteiger charge is 2.47. The molecule has 2 aromatic carbocycles. The Morgan fingerprint density at radius 2 is 1.71 bits per heavy atom. The van der Waals surface area contributed by atoms with Crippen molar-refractivity contribution < 1.29 is 9.59 Å². The summed E-state index contributed by atoms with van der Waals surface area (Å²) < 4.78 is 0. The first-order chi connectivity index (χ1) is 13.6. The van der Waals surface area contributed by atoms with E-state index in [0.29, 0.717) is 18.5 Å². The number of fused-ring (bicyclic) bond motifs is 1. The molecule has 4 rings (SSSR count). The molecule has 0 aromatic heterocycles. The summed E-state index contributed by atoms with van der Waals surface area (Å²) >= 11 is 0. The van der Waals surface area contributed by atoms with Crippen molar-refractivity contribution in [2.24, 2.45) is 0 Å². The molecule has 1 N–H and O–H groups in total. The van der Waals surface area contributed by atoms with Crippen LogP contribution in [-0.4, -0.2) is 28.3 Å². The second-order valence-corrected chi connectivity index (χ2v) is 8.29. The molecule has 4 heteroatoms. The molecule has 1 fully saturated rings. The van der Waals surface area contributed by atoms with Gasteiger partial charge in [0.05, 0.1) is 0 Å². The number of rotatable bonds is 4. The van der Waals surface area contributed by atoms with E-state index in [4.69, 9.17) is 0 Å². The maximum atomic E-state index is 13.4. The van der Waals surface area contributed by atoms with E-state index in [1.807, 2.05) is 61.5 Å². The van der Waals surface area contributed by atoms with E-state index in [9.17, 15) is 9.59 Å². The van der Waals surface area contributed by atoms with Gasteiger partial charge in [0.1, 0.15) is 5.54 Å². The van der Waals surface area contributed by atoms with Crippen LogP contribution in [-0.2, 0) is 17.8 Å². The van der Waals surface area contributed by atoms with Crippen LogP contribution in [0, 0.1) is 0 Å². The topological polar surface area (TPSA) is 49.4 Å². The first-order valence-corrected chi connectivity index (χ1v) is 10.3. The number of nitrogens with one attached hydrogen (secondary N) is 1. The van der Waals surface area contributed by atoms with Gasteiger partial charge in [-0.05, 0) is 37.0 Å². The Bertz CT molecular complexity index is 858. The van der Waals surface area contributed by atoms with Gasteiger partial charge in [0, 0.05) is 24.6 Å². The Balaban J connectivity index is 1.66. The molecule has 0 radical (unpaired) electrons. The van der Waals surface area contributed by atoms with Crippen molar-refractivity contribution in [2.75, 3.05) is 0 Å². The van der Waals surface area contributed by atoms with Crippen molar-refractivity contribution in [1.82, 2.24) is 10.2 Å². The van der Waals surface area contributed by atoms with Crippen LogP contribution in [0.5, 0.6) is 0 Å². The van der Waals surface area contributed by atoms with Crippen LogP contribution >= 0.6 is 0 Å². The standard InChI is InChI=1S/C24H28N2O2/c1-24(23(28)25-20-13-6-3-7-14-20)16-19-12-8-9-15-21(19)22(27)26(24)17-18-10-4-2-5-11-18/h2,4-5,8-12,15,20H,3,6-7,13-14,16-17H2,1H3,(H,25,28). The van der Waals surface area contributed by atoms with Crippen LogP contribution < -0.4 is 5.32 Å². The summed E-state index contributed by atoms with van der Waals surface area (Å²) in [4.78, 5) is 28.6. The maximum absolute atomic E-state index is 13.4. The second kappa shape index (κ2) is 7.78. The minimum atomic E-state index is -0.890. The van der Waals surface area contributed by atoms with E-state index >= 15 is 0 Å². The number of nitrogens with zero attached hydrogens (tertiary/aromatic N) is 1. The number of amides is 2. The molecule has 0 spiro atoms. The summed E-state index contributed by atoms with van der Waals surface area (Å²) in [5.74, 6) is -0.0924. The number of benzene rings is 2. The van der Waals surface area contributed by atoms with E-state index in [1.165, 1.54) is 6.42 Å². The summed E-state index contributed by atoms with van der Waals surface area (Å²) in [5, 5.41) is 3.26. The first-order valence-electron chi connectivity index (χ1n) is 10.3. The van der Waals surface area contributed by atoms with Crippen molar-refractivity contribution >= 4 is 11.8 Å². The molecule has 1 aliphatic carbocycles. The normalized spacial score (nSPS) is 22.6. The Morgan fingerprint density at radius 1 is 1.04 bits per heavy atom. The van der Waals surface area contributed by atoms with Gasteiger partial charge in [-0.1, -0.05) is 67.8 Å². The lowest BCUT2D eigenvalue weighted by Crippen LogP contribution is -2.63. The average molecular weight is 377 g/mol. The summed E-state index contributed by atoms with van der Waals surface area (Å²) in [5.41, 5.74) is 1.81. The molecule has 2 aromatic rings. The van der Waals surface area contributed by atoms with E-state index in [1.54, 1.807) is 4.90 Å². The van der Waals surface area contributed by atoms with E-state index in [0.717, 1.165) is 36.8 Å². The van der Waals surface area contributed by atoms with Crippen LogP contribution in [0.3, 0.4) is 0 Å². The fraction of sp³-hybridized carbons (Fsp3) is 0.417. The largest absolute Gasteiger partial charge is 0.351 e. The van der Waals surface area contributed by atoms with Gasteiger partial charge >= 0.3 is 0 Å². The van der Waals surface area contributed by atoms with Crippen LogP contribution in [0.1, 0.15) is 60.5 Å². The van der Waals surface area contributed by atoms with Gasteiger partial charge < -0.3 is 10.2 Å². The third-order valence-corrected chi connectivity index (χ3v) is 6.24. The van der Waals surface area contributed by atoms with Crippen LogP contribution in [0.2, 0.25) is 0 Å². The molecule has 1 saturated carbocycles. The minimum Gasteiger partial charge on any atom is -0.351 e. The molecule has 1 atom stereocenters. The molecule has 1 heterocycles. The summed E-state index contributed by atoms with van der Waals surface area (Å²) in [6, 6.07) is 17.8. The van der Waals surface area contributed by atoms with Gasteiger partial charge in [0.15, 0.2) is 0 Å². The van der Waals surface area contributed by atoms with Gasteiger partial charge in [-0.15, -0.1) is 0 Å². The molecule has 4 nitrogen and oxygen atoms in total. The van der Waals surface area contributed by atoms with Gasteiger partial charge in [-0.25, -0.2) is 0 Å². The average Bonchev–Trinajstić information content (AvgIpc) is 2.72. The maximum Gasteiger partial charge on any atom is 0.255 e. The van der Waals surface area contributed by atoms with E-state index < -0.39 is 5.54 Å². The SMILES string of the molecule is CC1(C(=O)NC2CCCCC2)Cc2ccccc2C(=O)N1Cc1ccccc1. The molecule has 2 amide bonds. The molecular formula is C24H28N2O2. The molecule has 146 valence electrons. The number of carbonyl (C=O) groups is 2. The summed E-state index contributed by atoms with van der Waals surface area (Å²) in [7, 11) is 0. The Labute approximate surface area is 166 Å². The minimum absolute atomic E-state index is 0.0295.